The molecule has 1 aromatic heterocycles. The summed E-state index contributed by atoms with van der Waals surface area (Å²) in [6, 6.07) is 11.1. The normalized spacial score (nSPS) is 11.7. The summed E-state index contributed by atoms with van der Waals surface area (Å²) in [5.41, 5.74) is 0.834. The largest absolute Gasteiger partial charge is 0.497 e. The Kier molecular flexibility index (Phi) is 6.35. The highest BCUT2D eigenvalue weighted by Gasteiger charge is 2.20. The van der Waals surface area contributed by atoms with Crippen molar-refractivity contribution in [2.75, 3.05) is 12.4 Å². The van der Waals surface area contributed by atoms with Gasteiger partial charge in [0.2, 0.25) is 11.1 Å². The number of aromatic amines is 1. The van der Waals surface area contributed by atoms with Crippen molar-refractivity contribution in [3.63, 3.8) is 0 Å². The van der Waals surface area contributed by atoms with E-state index in [4.69, 9.17) is 16.3 Å². The molecule has 0 aliphatic heterocycles. The lowest BCUT2D eigenvalue weighted by atomic mass is 10.2. The average Bonchev–Trinajstić information content (AvgIpc) is 3.17. The summed E-state index contributed by atoms with van der Waals surface area (Å²) >= 11 is 7.16. The predicted molar refractivity (Wildman–Crippen MR) is 110 cm³/mol. The Morgan fingerprint density at radius 2 is 2.03 bits per heavy atom. The van der Waals surface area contributed by atoms with Crippen LogP contribution in [0, 0.1) is 10.1 Å². The van der Waals surface area contributed by atoms with Crippen molar-refractivity contribution in [3.8, 4) is 17.1 Å². The van der Waals surface area contributed by atoms with Crippen LogP contribution in [-0.2, 0) is 4.79 Å². The molecule has 0 saturated carbocycles. The number of carbonyl (C=O) groups excluding carboxylic acids is 1. The maximum Gasteiger partial charge on any atom is 0.271 e. The SMILES string of the molecule is COc1ccc(-c2nc(SC(C)C(=O)Nc3cc([N+](=O)[O-])ccc3Cl)n[nH]2)cc1. The lowest BCUT2D eigenvalue weighted by Crippen LogP contribution is -2.22. The lowest BCUT2D eigenvalue weighted by molar-refractivity contribution is -0.384. The van der Waals surface area contributed by atoms with Crippen LogP contribution in [0.4, 0.5) is 11.4 Å². The molecule has 1 heterocycles. The number of amides is 1. The molecule has 0 aliphatic rings. The van der Waals surface area contributed by atoms with Gasteiger partial charge in [0.1, 0.15) is 5.75 Å². The van der Waals surface area contributed by atoms with Crippen LogP contribution in [0.3, 0.4) is 0 Å². The van der Waals surface area contributed by atoms with E-state index in [1.807, 2.05) is 24.3 Å². The zero-order valence-electron chi connectivity index (χ0n) is 15.4. The number of rotatable bonds is 7. The first-order valence-electron chi connectivity index (χ1n) is 8.35. The minimum absolute atomic E-state index is 0.164. The molecule has 3 rings (SSSR count). The van der Waals surface area contributed by atoms with Crippen LogP contribution in [0.1, 0.15) is 6.92 Å². The highest BCUT2D eigenvalue weighted by atomic mass is 35.5. The van der Waals surface area contributed by atoms with E-state index in [-0.39, 0.29) is 22.3 Å². The summed E-state index contributed by atoms with van der Waals surface area (Å²) in [7, 11) is 1.59. The van der Waals surface area contributed by atoms with E-state index in [0.717, 1.165) is 23.1 Å². The molecule has 2 aromatic carbocycles. The molecule has 0 bridgehead atoms. The minimum Gasteiger partial charge on any atom is -0.497 e. The number of thioether (sulfide) groups is 1. The van der Waals surface area contributed by atoms with E-state index in [9.17, 15) is 14.9 Å². The van der Waals surface area contributed by atoms with Gasteiger partial charge >= 0.3 is 0 Å². The van der Waals surface area contributed by atoms with E-state index >= 15 is 0 Å². The van der Waals surface area contributed by atoms with Gasteiger partial charge in [-0.25, -0.2) is 4.98 Å². The third kappa shape index (κ3) is 5.04. The number of methoxy groups -OCH3 is 1. The van der Waals surface area contributed by atoms with E-state index in [2.05, 4.69) is 20.5 Å². The second kappa shape index (κ2) is 8.93. The van der Waals surface area contributed by atoms with Crippen LogP contribution < -0.4 is 10.1 Å². The van der Waals surface area contributed by atoms with Crippen molar-refractivity contribution in [2.24, 2.45) is 0 Å². The van der Waals surface area contributed by atoms with Gasteiger partial charge in [0.25, 0.3) is 5.69 Å². The highest BCUT2D eigenvalue weighted by molar-refractivity contribution is 8.00. The molecule has 1 unspecified atom stereocenters. The predicted octanol–water partition coefficient (Wildman–Crippen LogP) is 4.16. The Labute approximate surface area is 175 Å². The van der Waals surface area contributed by atoms with Gasteiger partial charge in [-0.1, -0.05) is 23.4 Å². The number of benzene rings is 2. The first-order valence-corrected chi connectivity index (χ1v) is 9.61. The summed E-state index contributed by atoms with van der Waals surface area (Å²) in [6.45, 7) is 1.68. The van der Waals surface area contributed by atoms with E-state index in [1.165, 1.54) is 18.2 Å². The number of halogens is 1. The van der Waals surface area contributed by atoms with Crippen molar-refractivity contribution >= 4 is 40.6 Å². The zero-order chi connectivity index (χ0) is 21.0. The number of hydrogen-bond acceptors (Lipinski definition) is 7. The number of nitro benzene ring substituents is 1. The number of aromatic nitrogens is 3. The first-order chi connectivity index (χ1) is 13.9. The van der Waals surface area contributed by atoms with Crippen LogP contribution >= 0.6 is 23.4 Å². The number of H-pyrrole nitrogens is 1. The monoisotopic (exact) mass is 433 g/mol. The molecular weight excluding hydrogens is 418 g/mol. The van der Waals surface area contributed by atoms with Crippen LogP contribution in [-0.4, -0.2) is 38.4 Å². The minimum atomic E-state index is -0.565. The summed E-state index contributed by atoms with van der Waals surface area (Å²) in [5, 5.41) is 20.5. The topological polar surface area (TPSA) is 123 Å². The van der Waals surface area contributed by atoms with Crippen molar-refractivity contribution in [2.45, 2.75) is 17.3 Å². The first kappa shape index (κ1) is 20.6. The van der Waals surface area contributed by atoms with Gasteiger partial charge in [-0.05, 0) is 37.3 Å². The van der Waals surface area contributed by atoms with Gasteiger partial charge in [-0.15, -0.1) is 5.10 Å². The second-order valence-electron chi connectivity index (χ2n) is 5.87. The molecule has 0 saturated heterocycles. The summed E-state index contributed by atoms with van der Waals surface area (Å²) in [5.74, 6) is 0.908. The Hall–Kier alpha value is -3.11. The molecule has 2 N–H and O–H groups in total. The van der Waals surface area contributed by atoms with E-state index < -0.39 is 10.2 Å². The van der Waals surface area contributed by atoms with Crippen molar-refractivity contribution < 1.29 is 14.5 Å². The highest BCUT2D eigenvalue weighted by Crippen LogP contribution is 2.29. The van der Waals surface area contributed by atoms with Crippen LogP contribution in [0.15, 0.2) is 47.6 Å². The maximum absolute atomic E-state index is 12.5. The van der Waals surface area contributed by atoms with Crippen LogP contribution in [0.25, 0.3) is 11.4 Å². The summed E-state index contributed by atoms with van der Waals surface area (Å²) in [6.07, 6.45) is 0. The number of nitrogens with one attached hydrogen (secondary N) is 2. The Bertz CT molecular complexity index is 1040. The van der Waals surface area contributed by atoms with Gasteiger partial charge in [0, 0.05) is 17.7 Å². The molecule has 1 amide bonds. The van der Waals surface area contributed by atoms with E-state index in [0.29, 0.717) is 11.0 Å². The molecule has 0 fully saturated rings. The summed E-state index contributed by atoms with van der Waals surface area (Å²) < 4.78 is 5.13. The Morgan fingerprint density at radius 3 is 2.69 bits per heavy atom. The fourth-order valence-electron chi connectivity index (χ4n) is 2.35. The smallest absolute Gasteiger partial charge is 0.271 e. The average molecular weight is 434 g/mol. The molecular formula is C18H16ClN5O4S. The quantitative estimate of drug-likeness (QED) is 0.325. The molecule has 0 spiro atoms. The number of non-ortho nitro benzene ring substituents is 1. The van der Waals surface area contributed by atoms with Crippen LogP contribution in [0.5, 0.6) is 5.75 Å². The fourth-order valence-corrected chi connectivity index (χ4v) is 3.24. The van der Waals surface area contributed by atoms with Crippen molar-refractivity contribution in [1.82, 2.24) is 15.2 Å². The fraction of sp³-hybridized carbons (Fsp3) is 0.167. The number of carbonyl (C=O) groups is 1. The van der Waals surface area contributed by atoms with Crippen LogP contribution in [0.2, 0.25) is 5.02 Å². The number of ether oxygens (including phenoxy) is 1. The lowest BCUT2D eigenvalue weighted by Gasteiger charge is -2.11. The maximum atomic E-state index is 12.5. The van der Waals surface area contributed by atoms with Gasteiger partial charge in [-0.2, -0.15) is 0 Å². The third-order valence-corrected chi connectivity index (χ3v) is 5.19. The van der Waals surface area contributed by atoms with Gasteiger partial charge in [0.15, 0.2) is 5.82 Å². The molecule has 29 heavy (non-hydrogen) atoms. The number of nitrogens with zero attached hydrogens (tertiary/aromatic N) is 3. The number of hydrogen-bond donors (Lipinski definition) is 2. The van der Waals surface area contributed by atoms with Gasteiger partial charge in [-0.3, -0.25) is 20.0 Å². The molecule has 0 radical (unpaired) electrons. The van der Waals surface area contributed by atoms with Gasteiger partial charge < -0.3 is 10.1 Å². The zero-order valence-corrected chi connectivity index (χ0v) is 17.0. The van der Waals surface area contributed by atoms with Gasteiger partial charge in [0.05, 0.1) is 28.0 Å². The molecule has 0 aliphatic carbocycles. The molecule has 11 heteroatoms. The second-order valence-corrected chi connectivity index (χ2v) is 7.58. The molecule has 150 valence electrons. The summed E-state index contributed by atoms with van der Waals surface area (Å²) in [4.78, 5) is 27.2. The molecule has 9 nitrogen and oxygen atoms in total. The number of anilines is 1. The molecule has 1 atom stereocenters. The number of nitro groups is 1. The molecule has 3 aromatic rings. The van der Waals surface area contributed by atoms with Crippen molar-refractivity contribution in [1.29, 1.82) is 0 Å². The van der Waals surface area contributed by atoms with E-state index in [1.54, 1.807) is 14.0 Å². The Morgan fingerprint density at radius 1 is 1.31 bits per heavy atom. The third-order valence-electron chi connectivity index (χ3n) is 3.90. The Balaban J connectivity index is 1.66. The van der Waals surface area contributed by atoms with Crippen molar-refractivity contribution in [3.05, 3.63) is 57.6 Å². The standard InChI is InChI=1S/C18H16ClN5O4S/c1-10(17(25)20-15-9-12(24(26)27)5-8-14(15)19)29-18-21-16(22-23-18)11-3-6-13(28-2)7-4-11/h3-10H,1-2H3,(H,20,25)(H,21,22,23).